The quantitative estimate of drug-likeness (QED) is 0.874. The Bertz CT molecular complexity index is 550. The highest BCUT2D eigenvalue weighted by molar-refractivity contribution is 6.31. The summed E-state index contributed by atoms with van der Waals surface area (Å²) in [7, 11) is 0. The van der Waals surface area contributed by atoms with Crippen LogP contribution in [0.1, 0.15) is 33.1 Å². The van der Waals surface area contributed by atoms with E-state index in [-0.39, 0.29) is 17.0 Å². The van der Waals surface area contributed by atoms with Gasteiger partial charge in [-0.25, -0.2) is 4.39 Å². The van der Waals surface area contributed by atoms with Crippen molar-refractivity contribution in [1.29, 1.82) is 0 Å². The topological polar surface area (TPSA) is 58.4 Å². The third-order valence-corrected chi connectivity index (χ3v) is 4.37. The summed E-state index contributed by atoms with van der Waals surface area (Å²) in [6, 6.07) is 4.73. The number of carbonyl (C=O) groups excluding carboxylic acids is 1. The van der Waals surface area contributed by atoms with Crippen LogP contribution in [0, 0.1) is 5.82 Å². The van der Waals surface area contributed by atoms with Gasteiger partial charge in [-0.15, -0.1) is 0 Å². The number of halogens is 2. The zero-order valence-corrected chi connectivity index (χ0v) is 13.8. The number of rotatable bonds is 5. The predicted octanol–water partition coefficient (Wildman–Crippen LogP) is 2.69. The molecule has 0 bridgehead atoms. The second-order valence-corrected chi connectivity index (χ2v) is 6.58. The van der Waals surface area contributed by atoms with E-state index in [1.165, 1.54) is 6.07 Å². The first-order valence-corrected chi connectivity index (χ1v) is 8.01. The molecule has 2 unspecified atom stereocenters. The summed E-state index contributed by atoms with van der Waals surface area (Å²) in [4.78, 5) is 14.3. The number of nitrogens with one attached hydrogen (secondary N) is 1. The van der Waals surface area contributed by atoms with Crippen molar-refractivity contribution in [3.05, 3.63) is 29.0 Å². The van der Waals surface area contributed by atoms with E-state index in [0.29, 0.717) is 13.0 Å². The number of nitrogens with two attached hydrogens (primary N) is 1. The molecule has 2 rings (SSSR count). The van der Waals surface area contributed by atoms with E-state index in [9.17, 15) is 9.18 Å². The van der Waals surface area contributed by atoms with Gasteiger partial charge in [-0.05, 0) is 38.0 Å². The lowest BCUT2D eigenvalue weighted by atomic mass is 9.96. The summed E-state index contributed by atoms with van der Waals surface area (Å²) >= 11 is 5.82. The van der Waals surface area contributed by atoms with Crippen LogP contribution in [0.5, 0.6) is 0 Å². The Kier molecular flexibility index (Phi) is 5.29. The van der Waals surface area contributed by atoms with Gasteiger partial charge in [-0.1, -0.05) is 24.9 Å². The zero-order valence-electron chi connectivity index (χ0n) is 13.0. The molecular weight excluding hydrogens is 305 g/mol. The van der Waals surface area contributed by atoms with Crippen molar-refractivity contribution in [2.75, 3.05) is 18.0 Å². The Balaban J connectivity index is 1.95. The monoisotopic (exact) mass is 327 g/mol. The lowest BCUT2D eigenvalue weighted by Gasteiger charge is -2.25. The molecule has 2 atom stereocenters. The molecule has 4 nitrogen and oxygen atoms in total. The smallest absolute Gasteiger partial charge is 0.240 e. The van der Waals surface area contributed by atoms with Gasteiger partial charge in [-0.2, -0.15) is 0 Å². The third-order valence-electron chi connectivity index (χ3n) is 4.08. The molecule has 0 saturated carbocycles. The van der Waals surface area contributed by atoms with Crippen molar-refractivity contribution < 1.29 is 9.18 Å². The summed E-state index contributed by atoms with van der Waals surface area (Å²) < 4.78 is 13.2. The molecular formula is C16H23ClFN3O. The number of benzene rings is 1. The second kappa shape index (κ2) is 6.84. The van der Waals surface area contributed by atoms with Gasteiger partial charge in [0.1, 0.15) is 5.82 Å². The van der Waals surface area contributed by atoms with Crippen LogP contribution in [0.15, 0.2) is 18.2 Å². The molecule has 1 aromatic carbocycles. The van der Waals surface area contributed by atoms with Crippen LogP contribution in [-0.4, -0.2) is 30.6 Å². The summed E-state index contributed by atoms with van der Waals surface area (Å²) in [6.07, 6.45) is 2.36. The molecule has 1 aromatic rings. The molecule has 1 saturated heterocycles. The molecule has 0 aromatic heterocycles. The van der Waals surface area contributed by atoms with E-state index >= 15 is 0 Å². The van der Waals surface area contributed by atoms with Gasteiger partial charge in [-0.3, -0.25) is 4.79 Å². The average Bonchev–Trinajstić information content (AvgIpc) is 2.90. The van der Waals surface area contributed by atoms with E-state index in [0.717, 1.165) is 25.1 Å². The summed E-state index contributed by atoms with van der Waals surface area (Å²) in [5.41, 5.74) is 6.08. The van der Waals surface area contributed by atoms with E-state index in [1.54, 1.807) is 19.1 Å². The van der Waals surface area contributed by atoms with E-state index in [2.05, 4.69) is 10.2 Å². The predicted molar refractivity (Wildman–Crippen MR) is 87.7 cm³/mol. The first kappa shape index (κ1) is 17.0. The molecule has 1 aliphatic heterocycles. The third kappa shape index (κ3) is 3.90. The number of carbonyl (C=O) groups is 1. The largest absolute Gasteiger partial charge is 0.369 e. The van der Waals surface area contributed by atoms with Crippen LogP contribution < -0.4 is 16.0 Å². The number of hydrogen-bond acceptors (Lipinski definition) is 3. The maximum Gasteiger partial charge on any atom is 0.240 e. The van der Waals surface area contributed by atoms with Crippen LogP contribution in [0.25, 0.3) is 0 Å². The molecule has 1 aliphatic rings. The standard InChI is InChI=1S/C16H23ClFN3O/c1-3-7-16(2,19)15(22)20-11-6-8-21(10-11)12-4-5-14(18)13(17)9-12/h4-5,9,11H,3,6-8,10,19H2,1-2H3,(H,20,22). The highest BCUT2D eigenvalue weighted by atomic mass is 35.5. The van der Waals surface area contributed by atoms with Gasteiger partial charge in [0, 0.05) is 24.8 Å². The van der Waals surface area contributed by atoms with Crippen molar-refractivity contribution in [1.82, 2.24) is 5.32 Å². The van der Waals surface area contributed by atoms with Crippen LogP contribution in [0.4, 0.5) is 10.1 Å². The van der Waals surface area contributed by atoms with Crippen LogP contribution >= 0.6 is 11.6 Å². The van der Waals surface area contributed by atoms with Crippen molar-refractivity contribution in [2.24, 2.45) is 5.73 Å². The molecule has 0 radical (unpaired) electrons. The van der Waals surface area contributed by atoms with Gasteiger partial charge in [0.2, 0.25) is 5.91 Å². The Morgan fingerprint density at radius 1 is 1.59 bits per heavy atom. The minimum atomic E-state index is -0.832. The second-order valence-electron chi connectivity index (χ2n) is 6.17. The van der Waals surface area contributed by atoms with E-state index in [4.69, 9.17) is 17.3 Å². The zero-order chi connectivity index (χ0) is 16.3. The normalized spacial score (nSPS) is 20.8. The fraction of sp³-hybridized carbons (Fsp3) is 0.562. The van der Waals surface area contributed by atoms with Crippen molar-refractivity contribution >= 4 is 23.2 Å². The first-order chi connectivity index (χ1) is 10.3. The highest BCUT2D eigenvalue weighted by Gasteiger charge is 2.31. The molecule has 1 amide bonds. The lowest BCUT2D eigenvalue weighted by molar-refractivity contribution is -0.126. The number of hydrogen-bond donors (Lipinski definition) is 2. The lowest BCUT2D eigenvalue weighted by Crippen LogP contribution is -2.54. The molecule has 1 heterocycles. The van der Waals surface area contributed by atoms with Gasteiger partial charge in [0.05, 0.1) is 10.6 Å². The fourth-order valence-electron chi connectivity index (χ4n) is 2.78. The molecule has 1 fully saturated rings. The first-order valence-electron chi connectivity index (χ1n) is 7.63. The maximum absolute atomic E-state index is 13.2. The molecule has 0 aliphatic carbocycles. The number of nitrogens with zero attached hydrogens (tertiary/aromatic N) is 1. The van der Waals surface area contributed by atoms with Crippen LogP contribution in [0.2, 0.25) is 5.02 Å². The van der Waals surface area contributed by atoms with Crippen LogP contribution in [-0.2, 0) is 4.79 Å². The number of anilines is 1. The minimum Gasteiger partial charge on any atom is -0.369 e. The SMILES string of the molecule is CCCC(C)(N)C(=O)NC1CCN(c2ccc(F)c(Cl)c2)C1. The summed E-state index contributed by atoms with van der Waals surface area (Å²) in [5, 5.41) is 3.13. The maximum atomic E-state index is 13.2. The number of amides is 1. The van der Waals surface area contributed by atoms with Gasteiger partial charge in [0.25, 0.3) is 0 Å². The van der Waals surface area contributed by atoms with Gasteiger partial charge in [0.15, 0.2) is 0 Å². The summed E-state index contributed by atoms with van der Waals surface area (Å²) in [6.45, 7) is 5.24. The van der Waals surface area contributed by atoms with Crippen LogP contribution in [0.3, 0.4) is 0 Å². The fourth-order valence-corrected chi connectivity index (χ4v) is 2.95. The Morgan fingerprint density at radius 3 is 2.95 bits per heavy atom. The minimum absolute atomic E-state index is 0.0519. The molecule has 22 heavy (non-hydrogen) atoms. The molecule has 6 heteroatoms. The molecule has 0 spiro atoms. The van der Waals surface area contributed by atoms with E-state index < -0.39 is 11.4 Å². The van der Waals surface area contributed by atoms with Gasteiger partial charge >= 0.3 is 0 Å². The molecule has 3 N–H and O–H groups in total. The Labute approximate surface area is 135 Å². The summed E-state index contributed by atoms with van der Waals surface area (Å²) in [5.74, 6) is -0.536. The molecule has 122 valence electrons. The average molecular weight is 328 g/mol. The van der Waals surface area contributed by atoms with Gasteiger partial charge < -0.3 is 16.0 Å². The van der Waals surface area contributed by atoms with E-state index in [1.807, 2.05) is 6.92 Å². The Hall–Kier alpha value is -1.33. The van der Waals surface area contributed by atoms with Crippen molar-refractivity contribution in [3.63, 3.8) is 0 Å². The van der Waals surface area contributed by atoms with Crippen molar-refractivity contribution in [2.45, 2.75) is 44.7 Å². The Morgan fingerprint density at radius 2 is 2.32 bits per heavy atom. The van der Waals surface area contributed by atoms with Crippen molar-refractivity contribution in [3.8, 4) is 0 Å². The highest BCUT2D eigenvalue weighted by Crippen LogP contribution is 2.25.